The number of hydrogen-bond donors (Lipinski definition) is 5. The van der Waals surface area contributed by atoms with Crippen molar-refractivity contribution < 1.29 is 52.2 Å². The maximum atomic E-state index is 14.6. The number of nitrogens with one attached hydrogen (secondary N) is 5. The molecule has 18 nitrogen and oxygen atoms in total. The van der Waals surface area contributed by atoms with Crippen LogP contribution in [0.3, 0.4) is 0 Å². The molecule has 4 amide bonds. The van der Waals surface area contributed by atoms with Crippen LogP contribution in [0.15, 0.2) is 85.1 Å². The van der Waals surface area contributed by atoms with Gasteiger partial charge in [-0.1, -0.05) is 107 Å². The number of ether oxygens (including phenoxy) is 4. The predicted molar refractivity (Wildman–Crippen MR) is 268 cm³/mol. The van der Waals surface area contributed by atoms with Gasteiger partial charge in [0, 0.05) is 18.2 Å². The van der Waals surface area contributed by atoms with Crippen molar-refractivity contribution in [1.82, 2.24) is 36.7 Å². The first-order valence-electron chi connectivity index (χ1n) is 25.1. The number of nitrogens with zero attached hydrogens (tertiary/aromatic N) is 3. The molecule has 388 valence electrons. The molecule has 0 saturated carbocycles. The van der Waals surface area contributed by atoms with Crippen LogP contribution in [-0.2, 0) is 64.2 Å². The number of H-pyrrole nitrogens is 1. The van der Waals surface area contributed by atoms with E-state index in [9.17, 15) is 28.8 Å². The number of benzene rings is 3. The van der Waals surface area contributed by atoms with Gasteiger partial charge in [0.1, 0.15) is 55.7 Å². The number of morpholine rings is 1. The van der Waals surface area contributed by atoms with Gasteiger partial charge in [-0.05, 0) is 73.8 Å². The van der Waals surface area contributed by atoms with Crippen molar-refractivity contribution in [3.63, 3.8) is 0 Å². The van der Waals surface area contributed by atoms with Gasteiger partial charge >= 0.3 is 5.97 Å². The van der Waals surface area contributed by atoms with Gasteiger partial charge in [0.15, 0.2) is 23.8 Å². The molecule has 3 aromatic carbocycles. The molecule has 6 rings (SSSR count). The average molecular weight is 994 g/mol. The molecule has 72 heavy (non-hydrogen) atoms. The lowest BCUT2D eigenvalue weighted by molar-refractivity contribution is -0.940. The van der Waals surface area contributed by atoms with Crippen molar-refractivity contribution in [1.29, 1.82) is 0 Å². The van der Waals surface area contributed by atoms with Gasteiger partial charge in [-0.25, -0.2) is 0 Å². The molecular weight excluding hydrogens is 921 g/mol. The van der Waals surface area contributed by atoms with Gasteiger partial charge in [-0.15, -0.1) is 5.10 Å². The van der Waals surface area contributed by atoms with E-state index in [0.717, 1.165) is 16.7 Å². The predicted octanol–water partition coefficient (Wildman–Crippen LogP) is 4.56. The van der Waals surface area contributed by atoms with Crippen molar-refractivity contribution in [2.45, 2.75) is 123 Å². The zero-order valence-corrected chi connectivity index (χ0v) is 42.7. The Balaban J connectivity index is 1.21. The lowest BCUT2D eigenvalue weighted by Gasteiger charge is -2.41. The number of ketones is 1. The second-order valence-electron chi connectivity index (χ2n) is 20.5. The fraction of sp³-hybridized carbons (Fsp3) is 0.519. The lowest BCUT2D eigenvalue weighted by Crippen LogP contribution is -2.61. The second kappa shape index (κ2) is 25.7. The number of amides is 4. The van der Waals surface area contributed by atoms with Crippen molar-refractivity contribution in [3.8, 4) is 11.5 Å². The van der Waals surface area contributed by atoms with Gasteiger partial charge in [0.05, 0.1) is 31.8 Å². The molecule has 0 unspecified atom stereocenters. The van der Waals surface area contributed by atoms with Crippen LogP contribution >= 0.6 is 0 Å². The number of hydrogen-bond acceptors (Lipinski definition) is 12. The maximum absolute atomic E-state index is 14.6. The van der Waals surface area contributed by atoms with E-state index in [1.165, 1.54) is 0 Å². The molecule has 5 N–H and O–H groups in total. The van der Waals surface area contributed by atoms with Crippen LogP contribution in [0.4, 0.5) is 0 Å². The van der Waals surface area contributed by atoms with E-state index >= 15 is 0 Å². The van der Waals surface area contributed by atoms with Crippen LogP contribution in [0.2, 0.25) is 0 Å². The Morgan fingerprint density at radius 3 is 1.93 bits per heavy atom. The quantitative estimate of drug-likeness (QED) is 0.0240. The van der Waals surface area contributed by atoms with Gasteiger partial charge in [-0.3, -0.25) is 33.9 Å². The van der Waals surface area contributed by atoms with Crippen molar-refractivity contribution in [2.24, 2.45) is 17.8 Å². The number of carbonyl (C=O) groups is 6. The van der Waals surface area contributed by atoms with Gasteiger partial charge in [-0.2, -0.15) is 0 Å². The van der Waals surface area contributed by atoms with Crippen LogP contribution in [0.25, 0.3) is 0 Å². The molecule has 0 spiro atoms. The molecule has 2 saturated heterocycles. The van der Waals surface area contributed by atoms with Crippen molar-refractivity contribution >= 4 is 35.4 Å². The Kier molecular flexibility index (Phi) is 19.6. The summed E-state index contributed by atoms with van der Waals surface area (Å²) in [6, 6.07) is 20.2. The Morgan fingerprint density at radius 1 is 0.722 bits per heavy atom. The van der Waals surface area contributed by atoms with Crippen molar-refractivity contribution in [3.05, 3.63) is 107 Å². The largest absolute Gasteiger partial charge is 0.483 e. The minimum atomic E-state index is -1.09. The number of quaternary nitrogens is 1. The lowest BCUT2D eigenvalue weighted by atomic mass is 9.93. The van der Waals surface area contributed by atoms with Crippen LogP contribution in [0, 0.1) is 17.8 Å². The topological polar surface area (TPSA) is 232 Å². The molecule has 4 aromatic rings. The first-order chi connectivity index (χ1) is 34.4. The van der Waals surface area contributed by atoms with Gasteiger partial charge in [0.2, 0.25) is 17.7 Å². The van der Waals surface area contributed by atoms with E-state index in [1.54, 1.807) is 39.1 Å². The summed E-state index contributed by atoms with van der Waals surface area (Å²) >= 11 is 0. The summed E-state index contributed by atoms with van der Waals surface area (Å²) in [7, 11) is 0. The minimum absolute atomic E-state index is 0.00939. The van der Waals surface area contributed by atoms with E-state index in [4.69, 9.17) is 18.9 Å². The fourth-order valence-electron chi connectivity index (χ4n) is 8.68. The number of epoxide rings is 1. The Labute approximate surface area is 422 Å². The monoisotopic (exact) mass is 994 g/mol. The Morgan fingerprint density at radius 2 is 1.32 bits per heavy atom. The zero-order valence-electron chi connectivity index (χ0n) is 42.7. The highest BCUT2D eigenvalue weighted by Crippen LogP contribution is 2.32. The number of esters is 1. The molecule has 2 fully saturated rings. The summed E-state index contributed by atoms with van der Waals surface area (Å²) in [4.78, 5) is 83.9. The van der Waals surface area contributed by atoms with Crippen LogP contribution in [0.5, 0.6) is 11.5 Å². The van der Waals surface area contributed by atoms with Crippen LogP contribution in [0.1, 0.15) is 90.1 Å². The smallest absolute Gasteiger partial charge is 0.313 e. The highest BCUT2D eigenvalue weighted by Gasteiger charge is 2.50. The SMILES string of the molecule is CC(C)C[C@H](NC(=O)[C@H](CCc1ccccc1)NC(=O)C[N+]1(Cc2ccc(OC(=O)C(C)C)c(OCc3c[nH]nn3)c2)CCOCC1)C(=O)N[C@@H](Cc1ccccc1)C(=O)N[C@@H](CC(C)C)C(=O)[C@@]1(C)CO1. The van der Waals surface area contributed by atoms with E-state index < -0.39 is 53.5 Å². The Bertz CT molecular complexity index is 2420. The molecule has 2 aliphatic rings. The average Bonchev–Trinajstić information content (AvgIpc) is 3.88. The maximum Gasteiger partial charge on any atom is 0.313 e. The molecule has 2 aliphatic heterocycles. The molecule has 5 atom stereocenters. The van der Waals surface area contributed by atoms with E-state index in [1.807, 2.05) is 94.4 Å². The van der Waals surface area contributed by atoms with Gasteiger partial charge in [0.25, 0.3) is 5.91 Å². The highest BCUT2D eigenvalue weighted by atomic mass is 16.6. The summed E-state index contributed by atoms with van der Waals surface area (Å²) in [5, 5.41) is 22.3. The Hall–Kier alpha value is -6.50. The zero-order chi connectivity index (χ0) is 51.8. The molecule has 1 aromatic heterocycles. The fourth-order valence-corrected chi connectivity index (χ4v) is 8.68. The number of aromatic nitrogens is 3. The minimum Gasteiger partial charge on any atom is -0.483 e. The number of rotatable bonds is 27. The summed E-state index contributed by atoms with van der Waals surface area (Å²) in [5.74, 6) is -2.42. The van der Waals surface area contributed by atoms with Crippen LogP contribution < -0.4 is 30.7 Å². The van der Waals surface area contributed by atoms with Crippen LogP contribution in [-0.4, -0.2) is 124 Å². The van der Waals surface area contributed by atoms with E-state index in [2.05, 4.69) is 36.7 Å². The molecule has 0 bridgehead atoms. The number of carbonyl (C=O) groups excluding carboxylic acids is 6. The summed E-state index contributed by atoms with van der Waals surface area (Å²) in [6.45, 7) is 15.5. The first kappa shape index (κ1) is 54.8. The number of aromatic amines is 1. The molecule has 0 aliphatic carbocycles. The highest BCUT2D eigenvalue weighted by molar-refractivity contribution is 5.99. The third-order valence-electron chi connectivity index (χ3n) is 12.9. The first-order valence-corrected chi connectivity index (χ1v) is 25.1. The normalized spacial score (nSPS) is 17.8. The van der Waals surface area contributed by atoms with E-state index in [-0.39, 0.29) is 74.2 Å². The summed E-state index contributed by atoms with van der Waals surface area (Å²) in [5.41, 5.74) is 2.15. The molecule has 3 heterocycles. The third-order valence-corrected chi connectivity index (χ3v) is 12.9. The van der Waals surface area contributed by atoms with E-state index in [0.29, 0.717) is 61.6 Å². The van der Waals surface area contributed by atoms with Gasteiger partial charge < -0.3 is 44.7 Å². The molecular formula is C54H73N8O10+. The number of aryl methyl sites for hydroxylation is 1. The molecule has 18 heteroatoms. The second-order valence-corrected chi connectivity index (χ2v) is 20.5. The third kappa shape index (κ3) is 16.5. The molecule has 0 radical (unpaired) electrons. The summed E-state index contributed by atoms with van der Waals surface area (Å²) in [6.07, 6.45) is 3.05. The number of Topliss-reactive ketones (excluding diaryl/α,β-unsaturated/α-hetero) is 1. The summed E-state index contributed by atoms with van der Waals surface area (Å²) < 4.78 is 23.3. The standard InChI is InChI=1S/C54H72N8O10/c1-35(2)26-43(49(64)54(7)34-71-54)57-52(67)45(28-39-16-12-9-13-17-39)59-51(66)44(27-36(3)4)58-50(65)42(20-18-38-14-10-8-11-15-38)56-48(63)32-62(22-24-69-25-23-62)31-40-19-21-46(72-53(68)37(5)6)47(29-40)70-33-41-30-55-61-60-41/h8-17,19,21,29-30,35-37,42-45H,18,20,22-28,31-34H2,1-7H3,(H4-,55,56,57,58,59,60,61,63,65,66,67)/p+1/t42-,43-,44-,45-,54+/m0/s1. The van der Waals surface area contributed by atoms with Crippen molar-refractivity contribution in [2.75, 3.05) is 39.5 Å².